The van der Waals surface area contributed by atoms with Crippen molar-refractivity contribution < 1.29 is 0 Å². The maximum atomic E-state index is 6.46. The number of benzene rings is 1. The maximum absolute atomic E-state index is 6.46. The average molecular weight is 296 g/mol. The van der Waals surface area contributed by atoms with Crippen molar-refractivity contribution in [2.24, 2.45) is 0 Å². The van der Waals surface area contributed by atoms with Crippen LogP contribution in [-0.4, -0.2) is 44.7 Å². The van der Waals surface area contributed by atoms with Crippen molar-refractivity contribution in [3.05, 3.63) is 28.8 Å². The van der Waals surface area contributed by atoms with E-state index < -0.39 is 0 Å². The second kappa shape index (κ2) is 7.30. The molecule has 4 heteroatoms. The van der Waals surface area contributed by atoms with Gasteiger partial charge in [0.1, 0.15) is 0 Å². The van der Waals surface area contributed by atoms with Crippen molar-refractivity contribution in [3.8, 4) is 0 Å². The fourth-order valence-electron chi connectivity index (χ4n) is 2.92. The number of para-hydroxylation sites is 1. The molecule has 1 fully saturated rings. The van der Waals surface area contributed by atoms with Gasteiger partial charge in [0.2, 0.25) is 0 Å². The van der Waals surface area contributed by atoms with E-state index in [-0.39, 0.29) is 0 Å². The van der Waals surface area contributed by atoms with Crippen LogP contribution in [0.2, 0.25) is 5.02 Å². The summed E-state index contributed by atoms with van der Waals surface area (Å²) in [6.07, 6.45) is 2.41. The van der Waals surface area contributed by atoms with Crippen LogP contribution in [-0.2, 0) is 6.54 Å². The highest BCUT2D eigenvalue weighted by Gasteiger charge is 2.23. The molecule has 0 unspecified atom stereocenters. The minimum absolute atomic E-state index is 0.700. The molecule has 0 aromatic heterocycles. The van der Waals surface area contributed by atoms with Crippen molar-refractivity contribution in [1.82, 2.24) is 10.2 Å². The Morgan fingerprint density at radius 3 is 2.60 bits per heavy atom. The molecule has 20 heavy (non-hydrogen) atoms. The molecule has 0 radical (unpaired) electrons. The van der Waals surface area contributed by atoms with Gasteiger partial charge in [0.05, 0.1) is 10.7 Å². The molecule has 3 nitrogen and oxygen atoms in total. The van der Waals surface area contributed by atoms with Gasteiger partial charge >= 0.3 is 0 Å². The Kier molecular flexibility index (Phi) is 5.70. The highest BCUT2D eigenvalue weighted by Crippen LogP contribution is 2.32. The van der Waals surface area contributed by atoms with Gasteiger partial charge in [0, 0.05) is 25.7 Å². The van der Waals surface area contributed by atoms with Gasteiger partial charge in [-0.2, -0.15) is 0 Å². The van der Waals surface area contributed by atoms with E-state index in [1.165, 1.54) is 24.1 Å². The third-order valence-electron chi connectivity index (χ3n) is 4.15. The van der Waals surface area contributed by atoms with E-state index in [4.69, 9.17) is 11.6 Å². The Balaban J connectivity index is 2.12. The Hall–Kier alpha value is -0.770. The summed E-state index contributed by atoms with van der Waals surface area (Å²) in [5.41, 5.74) is 2.54. The van der Waals surface area contributed by atoms with Gasteiger partial charge in [-0.05, 0) is 45.1 Å². The summed E-state index contributed by atoms with van der Waals surface area (Å²) in [6.45, 7) is 6.18. The Labute approximate surface area is 127 Å². The smallest absolute Gasteiger partial charge is 0.0642 e. The highest BCUT2D eigenvalue weighted by atomic mass is 35.5. The molecule has 0 amide bonds. The van der Waals surface area contributed by atoms with Crippen LogP contribution in [0.15, 0.2) is 18.2 Å². The van der Waals surface area contributed by atoms with E-state index in [2.05, 4.69) is 42.2 Å². The molecule has 0 saturated carbocycles. The van der Waals surface area contributed by atoms with Crippen LogP contribution >= 0.6 is 11.6 Å². The van der Waals surface area contributed by atoms with Gasteiger partial charge in [-0.1, -0.05) is 30.7 Å². The topological polar surface area (TPSA) is 18.5 Å². The quantitative estimate of drug-likeness (QED) is 0.901. The van der Waals surface area contributed by atoms with Crippen molar-refractivity contribution >= 4 is 17.3 Å². The fraction of sp³-hybridized carbons (Fsp3) is 0.625. The molecule has 0 spiro atoms. The van der Waals surface area contributed by atoms with Gasteiger partial charge in [-0.3, -0.25) is 0 Å². The summed E-state index contributed by atoms with van der Waals surface area (Å²) in [7, 11) is 4.35. The molecule has 1 N–H and O–H groups in total. The summed E-state index contributed by atoms with van der Waals surface area (Å²) in [4.78, 5) is 4.79. The fourth-order valence-corrected chi connectivity index (χ4v) is 3.24. The summed E-state index contributed by atoms with van der Waals surface area (Å²) < 4.78 is 0. The number of nitrogens with zero attached hydrogens (tertiary/aromatic N) is 2. The van der Waals surface area contributed by atoms with Crippen molar-refractivity contribution in [2.75, 3.05) is 38.6 Å². The van der Waals surface area contributed by atoms with Gasteiger partial charge in [-0.15, -0.1) is 0 Å². The maximum Gasteiger partial charge on any atom is 0.0642 e. The van der Waals surface area contributed by atoms with E-state index in [1.807, 2.05) is 12.1 Å². The molecular weight excluding hydrogens is 270 g/mol. The number of anilines is 1. The van der Waals surface area contributed by atoms with Crippen LogP contribution in [0.25, 0.3) is 0 Å². The molecule has 2 rings (SSSR count). The van der Waals surface area contributed by atoms with Gasteiger partial charge < -0.3 is 15.1 Å². The summed E-state index contributed by atoms with van der Waals surface area (Å²) in [5.74, 6) is 0. The second-order valence-corrected chi connectivity index (χ2v) is 6.12. The first-order chi connectivity index (χ1) is 9.63. The molecule has 0 atom stereocenters. The van der Waals surface area contributed by atoms with Gasteiger partial charge in [0.15, 0.2) is 0 Å². The minimum Gasteiger partial charge on any atom is -0.370 e. The van der Waals surface area contributed by atoms with Crippen LogP contribution in [0.3, 0.4) is 0 Å². The zero-order valence-corrected chi connectivity index (χ0v) is 13.6. The third kappa shape index (κ3) is 3.66. The lowest BCUT2D eigenvalue weighted by atomic mass is 10.0. The zero-order valence-electron chi connectivity index (χ0n) is 12.8. The van der Waals surface area contributed by atoms with Crippen molar-refractivity contribution in [2.45, 2.75) is 32.4 Å². The van der Waals surface area contributed by atoms with Crippen molar-refractivity contribution in [3.63, 3.8) is 0 Å². The van der Waals surface area contributed by atoms with Crippen LogP contribution in [0.5, 0.6) is 0 Å². The van der Waals surface area contributed by atoms with Crippen molar-refractivity contribution in [1.29, 1.82) is 0 Å². The molecule has 1 aromatic carbocycles. The van der Waals surface area contributed by atoms with Crippen LogP contribution in [0, 0.1) is 0 Å². The molecule has 1 aliphatic rings. The number of piperidine rings is 1. The third-order valence-corrected chi connectivity index (χ3v) is 4.45. The summed E-state index contributed by atoms with van der Waals surface area (Å²) in [5, 5.41) is 4.28. The Morgan fingerprint density at radius 2 is 2.00 bits per heavy atom. The molecule has 1 saturated heterocycles. The molecule has 1 aromatic rings. The van der Waals surface area contributed by atoms with E-state index in [9.17, 15) is 0 Å². The van der Waals surface area contributed by atoms with Gasteiger partial charge in [-0.25, -0.2) is 0 Å². The normalized spacial score (nSPS) is 16.9. The highest BCUT2D eigenvalue weighted by molar-refractivity contribution is 6.33. The van der Waals surface area contributed by atoms with Crippen LogP contribution in [0.4, 0.5) is 5.69 Å². The van der Waals surface area contributed by atoms with E-state index in [0.717, 1.165) is 31.2 Å². The van der Waals surface area contributed by atoms with E-state index in [0.29, 0.717) is 6.04 Å². The molecule has 0 bridgehead atoms. The number of halogens is 1. The summed E-state index contributed by atoms with van der Waals surface area (Å²) >= 11 is 6.46. The van der Waals surface area contributed by atoms with E-state index >= 15 is 0 Å². The minimum atomic E-state index is 0.700. The largest absolute Gasteiger partial charge is 0.370 e. The van der Waals surface area contributed by atoms with Crippen LogP contribution in [0.1, 0.15) is 25.3 Å². The number of nitrogens with one attached hydrogen (secondary N) is 1. The molecule has 112 valence electrons. The first-order valence-corrected chi connectivity index (χ1v) is 7.90. The Morgan fingerprint density at radius 1 is 1.30 bits per heavy atom. The molecule has 1 aliphatic heterocycles. The van der Waals surface area contributed by atoms with Crippen LogP contribution < -0.4 is 10.2 Å². The standard InChI is InChI=1S/C16H26ClN3/c1-4-18-12-13-6-5-7-15(17)16(13)20-10-8-14(9-11-20)19(2)3/h5-7,14,18H,4,8-12H2,1-3H3. The Bertz CT molecular complexity index is 426. The number of hydrogen-bond donors (Lipinski definition) is 1. The number of rotatable bonds is 5. The predicted octanol–water partition coefficient (Wildman–Crippen LogP) is 2.98. The lowest BCUT2D eigenvalue weighted by molar-refractivity contribution is 0.249. The second-order valence-electron chi connectivity index (χ2n) is 5.71. The SMILES string of the molecule is CCNCc1cccc(Cl)c1N1CCC(N(C)C)CC1. The predicted molar refractivity (Wildman–Crippen MR) is 87.8 cm³/mol. The first kappa shape index (κ1) is 15.6. The zero-order chi connectivity index (χ0) is 14.5. The lowest BCUT2D eigenvalue weighted by Gasteiger charge is -2.37. The lowest BCUT2D eigenvalue weighted by Crippen LogP contribution is -2.42. The molecule has 1 heterocycles. The average Bonchev–Trinajstić information content (AvgIpc) is 2.45. The van der Waals surface area contributed by atoms with E-state index in [1.54, 1.807) is 0 Å². The monoisotopic (exact) mass is 295 g/mol. The first-order valence-electron chi connectivity index (χ1n) is 7.53. The summed E-state index contributed by atoms with van der Waals surface area (Å²) in [6, 6.07) is 6.93. The van der Waals surface area contributed by atoms with Gasteiger partial charge in [0.25, 0.3) is 0 Å². The molecular formula is C16H26ClN3. The molecule has 0 aliphatic carbocycles. The number of hydrogen-bond acceptors (Lipinski definition) is 3.